The summed E-state index contributed by atoms with van der Waals surface area (Å²) in [6.07, 6.45) is -1.86. The number of nitrogens with one attached hydrogen (secondary N) is 1. The molecule has 2 atom stereocenters. The molecule has 8 heteroatoms. The molecule has 1 aliphatic heterocycles. The van der Waals surface area contributed by atoms with Crippen molar-refractivity contribution in [3.8, 4) is 0 Å². The molecule has 0 aromatic heterocycles. The van der Waals surface area contributed by atoms with Gasteiger partial charge in [-0.2, -0.15) is 0 Å². The first-order valence-electron chi connectivity index (χ1n) is 7.04. The van der Waals surface area contributed by atoms with Crippen molar-refractivity contribution in [1.82, 2.24) is 5.32 Å². The minimum Gasteiger partial charge on any atom is -0.450 e. The van der Waals surface area contributed by atoms with Crippen molar-refractivity contribution < 1.29 is 24.2 Å². The highest BCUT2D eigenvalue weighted by Gasteiger charge is 2.32. The lowest BCUT2D eigenvalue weighted by Crippen LogP contribution is -2.22. The molecule has 1 aliphatic rings. The first-order chi connectivity index (χ1) is 11.4. The van der Waals surface area contributed by atoms with E-state index in [1.807, 2.05) is 36.4 Å². The standard InChI is InChI=1S/C16H13NO5S2/c1-8(22-16(20)21)9-2-3-11-7-12(5-4-10(11)6-9)23-14-13(18)17-15(19)24-14/h2-8,14H,1H3,(H,20,21)(H,17,18,19). The monoisotopic (exact) mass is 363 g/mol. The Bertz CT molecular complexity index is 838. The van der Waals surface area contributed by atoms with Crippen LogP contribution in [0.25, 0.3) is 10.8 Å². The van der Waals surface area contributed by atoms with Gasteiger partial charge in [-0.15, -0.1) is 11.8 Å². The zero-order valence-corrected chi connectivity index (χ0v) is 14.1. The van der Waals surface area contributed by atoms with Crippen LogP contribution >= 0.6 is 23.5 Å². The van der Waals surface area contributed by atoms with Crippen molar-refractivity contribution in [1.29, 1.82) is 0 Å². The zero-order valence-electron chi connectivity index (χ0n) is 12.5. The van der Waals surface area contributed by atoms with Crippen LogP contribution in [0.4, 0.5) is 9.59 Å². The summed E-state index contributed by atoms with van der Waals surface area (Å²) in [4.78, 5) is 34.3. The average molecular weight is 363 g/mol. The van der Waals surface area contributed by atoms with Crippen molar-refractivity contribution >= 4 is 51.6 Å². The summed E-state index contributed by atoms with van der Waals surface area (Å²) in [6, 6.07) is 11.3. The van der Waals surface area contributed by atoms with E-state index in [0.717, 1.165) is 33.0 Å². The van der Waals surface area contributed by atoms with E-state index in [2.05, 4.69) is 5.32 Å². The SMILES string of the molecule is CC(OC(=O)O)c1ccc2cc(SC3SC(=O)NC3=O)ccc2c1. The molecule has 2 aromatic rings. The molecule has 0 radical (unpaired) electrons. The number of imide groups is 1. The third-order valence-electron chi connectivity index (χ3n) is 3.48. The molecular weight excluding hydrogens is 350 g/mol. The number of thioether (sulfide) groups is 2. The number of carboxylic acid groups (broad SMARTS) is 1. The number of carbonyl (C=O) groups is 3. The molecule has 3 rings (SSSR count). The van der Waals surface area contributed by atoms with Gasteiger partial charge in [0.05, 0.1) is 0 Å². The zero-order chi connectivity index (χ0) is 17.3. The molecule has 24 heavy (non-hydrogen) atoms. The third-order valence-corrected chi connectivity index (χ3v) is 5.76. The van der Waals surface area contributed by atoms with Crippen LogP contribution in [-0.4, -0.2) is 27.0 Å². The summed E-state index contributed by atoms with van der Waals surface area (Å²) >= 11 is 2.30. The van der Waals surface area contributed by atoms with Crippen LogP contribution in [0, 0.1) is 0 Å². The summed E-state index contributed by atoms with van der Waals surface area (Å²) < 4.78 is 4.28. The second-order valence-corrected chi connectivity index (χ2v) is 7.69. The van der Waals surface area contributed by atoms with Crippen LogP contribution in [-0.2, 0) is 9.53 Å². The van der Waals surface area contributed by atoms with E-state index in [0.29, 0.717) is 0 Å². The van der Waals surface area contributed by atoms with Gasteiger partial charge in [0.2, 0.25) is 0 Å². The van der Waals surface area contributed by atoms with Gasteiger partial charge in [-0.05, 0) is 53.2 Å². The van der Waals surface area contributed by atoms with Gasteiger partial charge in [0, 0.05) is 4.90 Å². The molecule has 1 heterocycles. The van der Waals surface area contributed by atoms with E-state index in [-0.39, 0.29) is 11.1 Å². The van der Waals surface area contributed by atoms with Crippen LogP contribution in [0.15, 0.2) is 41.3 Å². The number of hydrogen-bond donors (Lipinski definition) is 2. The lowest BCUT2D eigenvalue weighted by Gasteiger charge is -2.12. The van der Waals surface area contributed by atoms with Crippen LogP contribution in [0.1, 0.15) is 18.6 Å². The minimum atomic E-state index is -1.31. The van der Waals surface area contributed by atoms with Gasteiger partial charge in [0.15, 0.2) is 0 Å². The fourth-order valence-electron chi connectivity index (χ4n) is 2.33. The average Bonchev–Trinajstić information content (AvgIpc) is 2.83. The molecule has 1 fully saturated rings. The number of carbonyl (C=O) groups excluding carboxylic acids is 2. The Hall–Kier alpha value is -2.19. The number of ether oxygens (including phenoxy) is 1. The molecule has 1 saturated heterocycles. The normalized spacial score (nSPS) is 18.5. The second kappa shape index (κ2) is 6.74. The molecule has 2 unspecified atom stereocenters. The fraction of sp³-hybridized carbons (Fsp3) is 0.188. The van der Waals surface area contributed by atoms with Gasteiger partial charge in [0.1, 0.15) is 10.7 Å². The van der Waals surface area contributed by atoms with Crippen molar-refractivity contribution in [3.63, 3.8) is 0 Å². The Balaban J connectivity index is 1.80. The summed E-state index contributed by atoms with van der Waals surface area (Å²) in [5, 5.41) is 12.5. The third kappa shape index (κ3) is 3.65. The topological polar surface area (TPSA) is 92.7 Å². The number of benzene rings is 2. The Morgan fingerprint density at radius 2 is 1.96 bits per heavy atom. The maximum absolute atomic E-state index is 11.6. The van der Waals surface area contributed by atoms with Gasteiger partial charge < -0.3 is 9.84 Å². The van der Waals surface area contributed by atoms with Crippen molar-refractivity contribution in [2.45, 2.75) is 22.5 Å². The molecule has 0 bridgehead atoms. The van der Waals surface area contributed by atoms with Crippen LogP contribution in [0.5, 0.6) is 0 Å². The predicted molar refractivity (Wildman–Crippen MR) is 92.2 cm³/mol. The molecule has 0 saturated carbocycles. The van der Waals surface area contributed by atoms with Crippen LogP contribution in [0.2, 0.25) is 0 Å². The molecular formula is C16H13NO5S2. The molecule has 6 nitrogen and oxygen atoms in total. The fourth-order valence-corrected chi connectivity index (χ4v) is 4.39. The van der Waals surface area contributed by atoms with Gasteiger partial charge in [-0.25, -0.2) is 4.79 Å². The Morgan fingerprint density at radius 3 is 2.62 bits per heavy atom. The van der Waals surface area contributed by atoms with Crippen molar-refractivity contribution in [2.24, 2.45) is 0 Å². The van der Waals surface area contributed by atoms with E-state index in [1.54, 1.807) is 6.92 Å². The van der Waals surface area contributed by atoms with E-state index < -0.39 is 16.8 Å². The summed E-state index contributed by atoms with van der Waals surface area (Å²) in [6.45, 7) is 1.67. The van der Waals surface area contributed by atoms with E-state index in [9.17, 15) is 14.4 Å². The first-order valence-corrected chi connectivity index (χ1v) is 8.80. The number of amides is 2. The molecule has 2 amide bonds. The highest BCUT2D eigenvalue weighted by Crippen LogP contribution is 2.36. The summed E-state index contributed by atoms with van der Waals surface area (Å²) in [5.41, 5.74) is 0.765. The van der Waals surface area contributed by atoms with Gasteiger partial charge in [-0.3, -0.25) is 14.9 Å². The Morgan fingerprint density at radius 1 is 1.25 bits per heavy atom. The van der Waals surface area contributed by atoms with Crippen molar-refractivity contribution in [2.75, 3.05) is 0 Å². The summed E-state index contributed by atoms with van der Waals surface area (Å²) in [7, 11) is 0. The minimum absolute atomic E-state index is 0.287. The molecule has 2 N–H and O–H groups in total. The van der Waals surface area contributed by atoms with Gasteiger partial charge in [-0.1, -0.05) is 18.2 Å². The predicted octanol–water partition coefficient (Wildman–Crippen LogP) is 4.00. The Labute approximate surface area is 145 Å². The Kier molecular flexibility index (Phi) is 4.68. The number of hydrogen-bond acceptors (Lipinski definition) is 6. The van der Waals surface area contributed by atoms with Crippen molar-refractivity contribution in [3.05, 3.63) is 42.0 Å². The highest BCUT2D eigenvalue weighted by atomic mass is 32.2. The first kappa shape index (κ1) is 16.7. The largest absolute Gasteiger partial charge is 0.506 e. The maximum atomic E-state index is 11.6. The van der Waals surface area contributed by atoms with Crippen LogP contribution < -0.4 is 5.32 Å². The van der Waals surface area contributed by atoms with Crippen LogP contribution in [0.3, 0.4) is 0 Å². The molecule has 124 valence electrons. The van der Waals surface area contributed by atoms with E-state index in [4.69, 9.17) is 9.84 Å². The summed E-state index contributed by atoms with van der Waals surface area (Å²) in [5.74, 6) is -0.287. The van der Waals surface area contributed by atoms with Gasteiger partial charge in [0.25, 0.3) is 11.1 Å². The number of fused-ring (bicyclic) bond motifs is 1. The molecule has 2 aromatic carbocycles. The maximum Gasteiger partial charge on any atom is 0.506 e. The molecule has 0 aliphatic carbocycles. The quantitative estimate of drug-likeness (QED) is 0.793. The van der Waals surface area contributed by atoms with E-state index in [1.165, 1.54) is 11.8 Å². The highest BCUT2D eigenvalue weighted by molar-refractivity contribution is 8.26. The molecule has 0 spiro atoms. The lowest BCUT2D eigenvalue weighted by atomic mass is 10.0. The van der Waals surface area contributed by atoms with E-state index >= 15 is 0 Å². The van der Waals surface area contributed by atoms with Gasteiger partial charge >= 0.3 is 6.16 Å². The second-order valence-electron chi connectivity index (χ2n) is 5.14. The smallest absolute Gasteiger partial charge is 0.450 e. The lowest BCUT2D eigenvalue weighted by molar-refractivity contribution is -0.117. The number of rotatable bonds is 4.